The highest BCUT2D eigenvalue weighted by Gasteiger charge is 2.28. The number of nitrogens with one attached hydrogen (secondary N) is 1. The van der Waals surface area contributed by atoms with Crippen LogP contribution in [0.3, 0.4) is 0 Å². The third kappa shape index (κ3) is 3.66. The van der Waals surface area contributed by atoms with Crippen LogP contribution in [0.5, 0.6) is 0 Å². The number of carboxylic acid groups (broad SMARTS) is 1. The first-order valence-corrected chi connectivity index (χ1v) is 5.47. The van der Waals surface area contributed by atoms with Crippen molar-refractivity contribution >= 4 is 5.97 Å². The Morgan fingerprint density at radius 3 is 2.57 bits per heavy atom. The van der Waals surface area contributed by atoms with E-state index in [0.29, 0.717) is 5.41 Å². The zero-order valence-corrected chi connectivity index (χ0v) is 9.18. The molecule has 82 valence electrons. The van der Waals surface area contributed by atoms with Crippen LogP contribution in [0, 0.1) is 5.41 Å². The lowest BCUT2D eigenvalue weighted by atomic mass is 9.88. The van der Waals surface area contributed by atoms with Crippen LogP contribution < -0.4 is 5.32 Å². The molecule has 1 unspecified atom stereocenters. The van der Waals surface area contributed by atoms with Crippen molar-refractivity contribution in [3.05, 3.63) is 0 Å². The number of rotatable bonds is 5. The molecule has 3 heteroatoms. The molecule has 0 saturated heterocycles. The van der Waals surface area contributed by atoms with Crippen molar-refractivity contribution < 1.29 is 9.90 Å². The smallest absolute Gasteiger partial charge is 0.304 e. The minimum atomic E-state index is -0.721. The Labute approximate surface area is 85.9 Å². The van der Waals surface area contributed by atoms with Gasteiger partial charge in [0.1, 0.15) is 0 Å². The molecule has 0 aliphatic heterocycles. The normalized spacial score (nSPS) is 22.1. The minimum Gasteiger partial charge on any atom is -0.481 e. The summed E-state index contributed by atoms with van der Waals surface area (Å²) >= 11 is 0. The molecule has 0 aromatic heterocycles. The van der Waals surface area contributed by atoms with Gasteiger partial charge >= 0.3 is 5.97 Å². The van der Waals surface area contributed by atoms with Crippen LogP contribution in [-0.4, -0.2) is 23.7 Å². The maximum Gasteiger partial charge on any atom is 0.304 e. The fraction of sp³-hybridized carbons (Fsp3) is 0.909. The van der Waals surface area contributed by atoms with Gasteiger partial charge in [-0.15, -0.1) is 0 Å². The monoisotopic (exact) mass is 199 g/mol. The largest absolute Gasteiger partial charge is 0.481 e. The second-order valence-electron chi connectivity index (χ2n) is 4.90. The van der Waals surface area contributed by atoms with Crippen LogP contribution in [0.2, 0.25) is 0 Å². The molecule has 1 aliphatic carbocycles. The van der Waals surface area contributed by atoms with Gasteiger partial charge in [0.15, 0.2) is 0 Å². The molecule has 1 aliphatic rings. The highest BCUT2D eigenvalue weighted by atomic mass is 16.4. The van der Waals surface area contributed by atoms with Gasteiger partial charge in [-0.25, -0.2) is 0 Å². The number of hydrogen-bond acceptors (Lipinski definition) is 2. The van der Waals surface area contributed by atoms with Crippen molar-refractivity contribution in [2.24, 2.45) is 5.41 Å². The average Bonchev–Trinajstić information content (AvgIpc) is 2.49. The summed E-state index contributed by atoms with van der Waals surface area (Å²) in [6.07, 6.45) is 5.42. The van der Waals surface area contributed by atoms with E-state index in [1.165, 1.54) is 25.7 Å². The van der Waals surface area contributed by atoms with Gasteiger partial charge in [0.05, 0.1) is 6.42 Å². The molecule has 3 nitrogen and oxygen atoms in total. The average molecular weight is 199 g/mol. The van der Waals surface area contributed by atoms with Gasteiger partial charge in [-0.05, 0) is 25.2 Å². The number of hydrogen-bond donors (Lipinski definition) is 2. The molecule has 0 amide bonds. The lowest BCUT2D eigenvalue weighted by Crippen LogP contribution is -2.36. The Balaban J connectivity index is 2.22. The molecule has 1 fully saturated rings. The van der Waals surface area contributed by atoms with E-state index in [1.807, 2.05) is 6.92 Å². The predicted molar refractivity (Wildman–Crippen MR) is 56.3 cm³/mol. The van der Waals surface area contributed by atoms with E-state index in [9.17, 15) is 4.79 Å². The highest BCUT2D eigenvalue weighted by molar-refractivity contribution is 5.67. The lowest BCUT2D eigenvalue weighted by Gasteiger charge is -2.25. The van der Waals surface area contributed by atoms with Crippen molar-refractivity contribution in [3.63, 3.8) is 0 Å². The third-order valence-corrected chi connectivity index (χ3v) is 3.17. The van der Waals surface area contributed by atoms with Gasteiger partial charge in [0.2, 0.25) is 0 Å². The maximum atomic E-state index is 10.4. The number of carbonyl (C=O) groups is 1. The quantitative estimate of drug-likeness (QED) is 0.712. The third-order valence-electron chi connectivity index (χ3n) is 3.17. The topological polar surface area (TPSA) is 49.3 Å². The van der Waals surface area contributed by atoms with Crippen LogP contribution in [-0.2, 0) is 4.79 Å². The van der Waals surface area contributed by atoms with Gasteiger partial charge in [-0.2, -0.15) is 0 Å². The van der Waals surface area contributed by atoms with Gasteiger partial charge in [0.25, 0.3) is 0 Å². The van der Waals surface area contributed by atoms with Crippen molar-refractivity contribution in [3.8, 4) is 0 Å². The van der Waals surface area contributed by atoms with Crippen LogP contribution in [0.15, 0.2) is 0 Å². The van der Waals surface area contributed by atoms with E-state index >= 15 is 0 Å². The van der Waals surface area contributed by atoms with Crippen LogP contribution in [0.25, 0.3) is 0 Å². The molecule has 14 heavy (non-hydrogen) atoms. The summed E-state index contributed by atoms with van der Waals surface area (Å²) in [4.78, 5) is 10.4. The molecule has 1 rings (SSSR count). The van der Waals surface area contributed by atoms with Crippen molar-refractivity contribution in [2.75, 3.05) is 6.54 Å². The molecule has 0 aromatic rings. The Kier molecular flexibility index (Phi) is 3.93. The fourth-order valence-corrected chi connectivity index (χ4v) is 2.16. The summed E-state index contributed by atoms with van der Waals surface area (Å²) in [6, 6.07) is 0.0879. The second-order valence-corrected chi connectivity index (χ2v) is 4.90. The molecule has 1 atom stereocenters. The van der Waals surface area contributed by atoms with E-state index in [4.69, 9.17) is 5.11 Å². The first kappa shape index (κ1) is 11.5. The van der Waals surface area contributed by atoms with Crippen molar-refractivity contribution in [2.45, 2.75) is 52.0 Å². The summed E-state index contributed by atoms with van der Waals surface area (Å²) in [5.41, 5.74) is 0.409. The zero-order valence-electron chi connectivity index (χ0n) is 9.18. The van der Waals surface area contributed by atoms with Crippen LogP contribution in [0.4, 0.5) is 0 Å². The Morgan fingerprint density at radius 2 is 2.07 bits per heavy atom. The van der Waals surface area contributed by atoms with Crippen LogP contribution in [0.1, 0.15) is 46.0 Å². The summed E-state index contributed by atoms with van der Waals surface area (Å²) in [5, 5.41) is 11.9. The molecule has 1 saturated carbocycles. The summed E-state index contributed by atoms with van der Waals surface area (Å²) in [6.45, 7) is 5.19. The molecule has 0 bridgehead atoms. The van der Waals surface area contributed by atoms with Gasteiger partial charge in [-0.1, -0.05) is 19.8 Å². The van der Waals surface area contributed by atoms with E-state index in [2.05, 4.69) is 12.2 Å². The highest BCUT2D eigenvalue weighted by Crippen LogP contribution is 2.36. The van der Waals surface area contributed by atoms with E-state index in [1.54, 1.807) is 0 Å². The van der Waals surface area contributed by atoms with Gasteiger partial charge in [-0.3, -0.25) is 4.79 Å². The SMILES string of the molecule is CC(CC(=O)O)NCC1(C)CCCC1. The number of aliphatic carboxylic acids is 1. The van der Waals surface area contributed by atoms with Crippen molar-refractivity contribution in [1.82, 2.24) is 5.32 Å². The Hall–Kier alpha value is -0.570. The Bertz CT molecular complexity index is 197. The Morgan fingerprint density at radius 1 is 1.50 bits per heavy atom. The zero-order chi connectivity index (χ0) is 10.6. The molecule has 2 N–H and O–H groups in total. The standard InChI is InChI=1S/C11H21NO2/c1-9(7-10(13)14)12-8-11(2)5-3-4-6-11/h9,12H,3-8H2,1-2H3,(H,13,14). The summed E-state index contributed by atoms with van der Waals surface area (Å²) < 4.78 is 0. The van der Waals surface area contributed by atoms with Crippen molar-refractivity contribution in [1.29, 1.82) is 0 Å². The summed E-state index contributed by atoms with van der Waals surface area (Å²) in [5.74, 6) is -0.721. The molecule has 0 radical (unpaired) electrons. The minimum absolute atomic E-state index is 0.0879. The second kappa shape index (κ2) is 4.78. The maximum absolute atomic E-state index is 10.4. The summed E-state index contributed by atoms with van der Waals surface area (Å²) in [7, 11) is 0. The molecule has 0 heterocycles. The number of carboxylic acids is 1. The van der Waals surface area contributed by atoms with Gasteiger partial charge < -0.3 is 10.4 Å². The van der Waals surface area contributed by atoms with Gasteiger partial charge in [0, 0.05) is 12.6 Å². The predicted octanol–water partition coefficient (Wildman–Crippen LogP) is 2.02. The molecular formula is C11H21NO2. The molecule has 0 aromatic carbocycles. The van der Waals surface area contributed by atoms with E-state index in [0.717, 1.165) is 6.54 Å². The molecular weight excluding hydrogens is 178 g/mol. The first-order chi connectivity index (χ1) is 6.52. The fourth-order valence-electron chi connectivity index (χ4n) is 2.16. The van der Waals surface area contributed by atoms with E-state index < -0.39 is 5.97 Å². The molecule has 0 spiro atoms. The first-order valence-electron chi connectivity index (χ1n) is 5.47. The van der Waals surface area contributed by atoms with E-state index in [-0.39, 0.29) is 12.5 Å². The lowest BCUT2D eigenvalue weighted by molar-refractivity contribution is -0.137. The van der Waals surface area contributed by atoms with Crippen LogP contribution >= 0.6 is 0 Å².